The van der Waals surface area contributed by atoms with Crippen LogP contribution in [0.1, 0.15) is 27.2 Å². The molecule has 0 saturated carbocycles. The quantitative estimate of drug-likeness (QED) is 0.601. The zero-order chi connectivity index (χ0) is 19.6. The summed E-state index contributed by atoms with van der Waals surface area (Å²) in [7, 11) is 0. The van der Waals surface area contributed by atoms with Gasteiger partial charge in [-0.2, -0.15) is 0 Å². The fourth-order valence-electron chi connectivity index (χ4n) is 3.16. The van der Waals surface area contributed by atoms with Crippen molar-refractivity contribution in [3.8, 4) is 5.75 Å². The summed E-state index contributed by atoms with van der Waals surface area (Å²) >= 11 is 0. The number of rotatable bonds is 11. The number of carbonyl (C=O) groups excluding carboxylic acids is 2. The summed E-state index contributed by atoms with van der Waals surface area (Å²) in [5, 5.41) is 2.92. The second kappa shape index (κ2) is 10.8. The molecule has 0 aliphatic carbocycles. The molecule has 1 aromatic rings. The molecule has 1 aliphatic rings. The highest BCUT2D eigenvalue weighted by Gasteiger charge is 2.30. The molecule has 0 radical (unpaired) electrons. The summed E-state index contributed by atoms with van der Waals surface area (Å²) < 4.78 is 5.43. The molecule has 0 spiro atoms. The Bertz CT molecular complexity index is 602. The number of ether oxygens (including phenoxy) is 1. The average Bonchev–Trinajstić information content (AvgIpc) is 3.03. The van der Waals surface area contributed by atoms with Gasteiger partial charge in [0.15, 0.2) is 0 Å². The Morgan fingerprint density at radius 2 is 1.85 bits per heavy atom. The molecule has 0 bridgehead atoms. The first kappa shape index (κ1) is 21.0. The molecule has 1 heterocycles. The van der Waals surface area contributed by atoms with Crippen molar-refractivity contribution in [3.05, 3.63) is 24.3 Å². The summed E-state index contributed by atoms with van der Waals surface area (Å²) in [4.78, 5) is 30.3. The second-order valence-corrected chi connectivity index (χ2v) is 6.51. The number of anilines is 1. The van der Waals surface area contributed by atoms with Gasteiger partial charge < -0.3 is 19.9 Å². The van der Waals surface area contributed by atoms with Gasteiger partial charge in [-0.05, 0) is 57.2 Å². The number of carbonyl (C=O) groups is 2. The van der Waals surface area contributed by atoms with Crippen molar-refractivity contribution in [2.24, 2.45) is 0 Å². The van der Waals surface area contributed by atoms with Crippen LogP contribution in [0, 0.1) is 0 Å². The Labute approximate surface area is 162 Å². The Hall–Kier alpha value is -2.28. The average molecular weight is 377 g/mol. The molecule has 2 rings (SSSR count). The zero-order valence-electron chi connectivity index (χ0n) is 16.7. The molecule has 150 valence electrons. The van der Waals surface area contributed by atoms with E-state index in [-0.39, 0.29) is 18.5 Å². The first-order valence-corrected chi connectivity index (χ1v) is 9.87. The van der Waals surface area contributed by atoms with Gasteiger partial charge in [-0.15, -0.1) is 0 Å². The number of hydrogen-bond acceptors (Lipinski definition) is 4. The minimum absolute atomic E-state index is 0.101. The summed E-state index contributed by atoms with van der Waals surface area (Å²) in [6.45, 7) is 11.7. The maximum Gasteiger partial charge on any atom is 0.325 e. The third-order valence-corrected chi connectivity index (χ3v) is 4.76. The normalized spacial score (nSPS) is 14.1. The Morgan fingerprint density at radius 1 is 1.15 bits per heavy atom. The van der Waals surface area contributed by atoms with Crippen molar-refractivity contribution < 1.29 is 14.3 Å². The fraction of sp³-hybridized carbons (Fsp3) is 0.600. The largest absolute Gasteiger partial charge is 0.494 e. The predicted octanol–water partition coefficient (Wildman–Crippen LogP) is 2.18. The minimum atomic E-state index is -0.127. The van der Waals surface area contributed by atoms with Crippen LogP contribution in [0.3, 0.4) is 0 Å². The molecule has 3 amide bonds. The molecule has 1 saturated heterocycles. The molecule has 1 fully saturated rings. The Balaban J connectivity index is 1.76. The van der Waals surface area contributed by atoms with Crippen molar-refractivity contribution in [1.82, 2.24) is 15.1 Å². The lowest BCUT2D eigenvalue weighted by molar-refractivity contribution is -0.121. The van der Waals surface area contributed by atoms with Crippen LogP contribution in [-0.4, -0.2) is 74.2 Å². The summed E-state index contributed by atoms with van der Waals surface area (Å²) in [6, 6.07) is 7.34. The number of benzene rings is 1. The number of nitrogens with one attached hydrogen (secondary N) is 1. The van der Waals surface area contributed by atoms with Crippen molar-refractivity contribution in [2.75, 3.05) is 57.3 Å². The van der Waals surface area contributed by atoms with Crippen molar-refractivity contribution in [2.45, 2.75) is 27.2 Å². The number of hydrogen-bond donors (Lipinski definition) is 1. The zero-order valence-corrected chi connectivity index (χ0v) is 16.7. The standard InChI is InChI=1S/C20H32N4O3/c1-4-22(5-2)13-7-12-21-19(25)16-23-14-15-24(20(23)26)17-8-10-18(11-9-17)27-6-3/h8-11H,4-7,12-16H2,1-3H3,(H,21,25). The number of urea groups is 1. The molecule has 0 atom stereocenters. The maximum absolute atomic E-state index is 12.6. The smallest absolute Gasteiger partial charge is 0.325 e. The molecular weight excluding hydrogens is 344 g/mol. The molecular formula is C20H32N4O3. The molecule has 0 aromatic heterocycles. The predicted molar refractivity (Wildman–Crippen MR) is 107 cm³/mol. The van der Waals surface area contributed by atoms with Crippen LogP contribution < -0.4 is 15.0 Å². The highest BCUT2D eigenvalue weighted by molar-refractivity contribution is 5.96. The van der Waals surface area contributed by atoms with Gasteiger partial charge in [0.1, 0.15) is 12.3 Å². The first-order chi connectivity index (χ1) is 13.1. The van der Waals surface area contributed by atoms with E-state index in [1.165, 1.54) is 0 Å². The number of nitrogens with zero attached hydrogens (tertiary/aromatic N) is 3. The second-order valence-electron chi connectivity index (χ2n) is 6.51. The third-order valence-electron chi connectivity index (χ3n) is 4.76. The summed E-state index contributed by atoms with van der Waals surface area (Å²) in [5.41, 5.74) is 0.825. The molecule has 1 aromatic carbocycles. The van der Waals surface area contributed by atoms with Crippen LogP contribution in [0.25, 0.3) is 0 Å². The van der Waals surface area contributed by atoms with E-state index in [1.54, 1.807) is 9.80 Å². The van der Waals surface area contributed by atoms with Gasteiger partial charge >= 0.3 is 6.03 Å². The van der Waals surface area contributed by atoms with Crippen molar-refractivity contribution >= 4 is 17.6 Å². The number of amides is 3. The lowest BCUT2D eigenvalue weighted by Gasteiger charge is -2.19. The minimum Gasteiger partial charge on any atom is -0.494 e. The molecule has 1 aliphatic heterocycles. The first-order valence-electron chi connectivity index (χ1n) is 9.87. The van der Waals surface area contributed by atoms with Crippen LogP contribution >= 0.6 is 0 Å². The van der Waals surface area contributed by atoms with Gasteiger partial charge in [0.25, 0.3) is 0 Å². The van der Waals surface area contributed by atoms with Crippen molar-refractivity contribution in [3.63, 3.8) is 0 Å². The monoisotopic (exact) mass is 376 g/mol. The Kier molecular flexibility index (Phi) is 8.39. The molecule has 7 nitrogen and oxygen atoms in total. The van der Waals surface area contributed by atoms with E-state index in [0.717, 1.165) is 37.5 Å². The SMILES string of the molecule is CCOc1ccc(N2CCN(CC(=O)NCCCN(CC)CC)C2=O)cc1. The van der Waals surface area contributed by atoms with Crippen LogP contribution in [-0.2, 0) is 4.79 Å². The molecule has 0 unspecified atom stereocenters. The van der Waals surface area contributed by atoms with E-state index >= 15 is 0 Å². The van der Waals surface area contributed by atoms with Crippen LogP contribution in [0.15, 0.2) is 24.3 Å². The van der Waals surface area contributed by atoms with Gasteiger partial charge in [-0.3, -0.25) is 9.69 Å². The van der Waals surface area contributed by atoms with Crippen LogP contribution in [0.4, 0.5) is 10.5 Å². The lowest BCUT2D eigenvalue weighted by atomic mass is 10.3. The van der Waals surface area contributed by atoms with Gasteiger partial charge in [-0.1, -0.05) is 13.8 Å². The van der Waals surface area contributed by atoms with E-state index in [2.05, 4.69) is 24.1 Å². The molecule has 7 heteroatoms. The lowest BCUT2D eigenvalue weighted by Crippen LogP contribution is -2.40. The van der Waals surface area contributed by atoms with Crippen molar-refractivity contribution in [1.29, 1.82) is 0 Å². The van der Waals surface area contributed by atoms with Gasteiger partial charge in [0.05, 0.1) is 6.61 Å². The Morgan fingerprint density at radius 3 is 2.48 bits per heavy atom. The highest BCUT2D eigenvalue weighted by atomic mass is 16.5. The maximum atomic E-state index is 12.6. The summed E-state index contributed by atoms with van der Waals surface area (Å²) in [6.07, 6.45) is 0.916. The van der Waals surface area contributed by atoms with E-state index in [0.29, 0.717) is 26.2 Å². The van der Waals surface area contributed by atoms with Gasteiger partial charge in [0, 0.05) is 25.3 Å². The van der Waals surface area contributed by atoms with Crippen LogP contribution in [0.2, 0.25) is 0 Å². The van der Waals surface area contributed by atoms with Gasteiger partial charge in [0.2, 0.25) is 5.91 Å². The van der Waals surface area contributed by atoms with E-state index in [4.69, 9.17) is 4.74 Å². The summed E-state index contributed by atoms with van der Waals surface area (Å²) in [5.74, 6) is 0.685. The topological polar surface area (TPSA) is 65.1 Å². The third kappa shape index (κ3) is 6.13. The van der Waals surface area contributed by atoms with E-state index in [9.17, 15) is 9.59 Å². The van der Waals surface area contributed by atoms with Crippen LogP contribution in [0.5, 0.6) is 5.75 Å². The molecule has 27 heavy (non-hydrogen) atoms. The molecule has 1 N–H and O–H groups in total. The van der Waals surface area contributed by atoms with Gasteiger partial charge in [-0.25, -0.2) is 4.79 Å². The van der Waals surface area contributed by atoms with E-state index in [1.807, 2.05) is 31.2 Å². The fourth-order valence-corrected chi connectivity index (χ4v) is 3.16. The van der Waals surface area contributed by atoms with E-state index < -0.39 is 0 Å². The highest BCUT2D eigenvalue weighted by Crippen LogP contribution is 2.23.